The summed E-state index contributed by atoms with van der Waals surface area (Å²) in [5, 5.41) is 3.22. The first-order valence-electron chi connectivity index (χ1n) is 6.03. The van der Waals surface area contributed by atoms with Crippen molar-refractivity contribution in [3.63, 3.8) is 0 Å². The molecule has 92 valence electrons. The summed E-state index contributed by atoms with van der Waals surface area (Å²) in [7, 11) is 1.96. The average molecular weight is 231 g/mol. The number of hydrogen-bond acceptors (Lipinski definition) is 2. The Kier molecular flexibility index (Phi) is 5.59. The molecular formula is C15H21NO. The highest BCUT2D eigenvalue weighted by Gasteiger charge is 2.05. The Morgan fingerprint density at radius 3 is 2.82 bits per heavy atom. The fourth-order valence-electron chi connectivity index (χ4n) is 1.63. The van der Waals surface area contributed by atoms with Gasteiger partial charge in [0, 0.05) is 12.5 Å². The highest BCUT2D eigenvalue weighted by molar-refractivity contribution is 5.37. The first-order valence-corrected chi connectivity index (χ1v) is 6.03. The molecule has 0 amide bonds. The van der Waals surface area contributed by atoms with Crippen LogP contribution in [0, 0.1) is 19.3 Å². The molecule has 1 aromatic rings. The van der Waals surface area contributed by atoms with Gasteiger partial charge in [0.25, 0.3) is 0 Å². The molecule has 0 heterocycles. The SMILES string of the molecule is C#CCCCOc1ccc(C(C)NC)cc1C. The smallest absolute Gasteiger partial charge is 0.122 e. The molecule has 1 unspecified atom stereocenters. The van der Waals surface area contributed by atoms with E-state index in [1.807, 2.05) is 13.1 Å². The van der Waals surface area contributed by atoms with Gasteiger partial charge in [0.15, 0.2) is 0 Å². The number of rotatable bonds is 6. The highest BCUT2D eigenvalue weighted by atomic mass is 16.5. The van der Waals surface area contributed by atoms with Crippen molar-refractivity contribution < 1.29 is 4.74 Å². The molecule has 0 aliphatic rings. The molecule has 1 rings (SSSR count). The van der Waals surface area contributed by atoms with Crippen molar-refractivity contribution in [1.82, 2.24) is 5.32 Å². The molecule has 0 aliphatic heterocycles. The van der Waals surface area contributed by atoms with E-state index < -0.39 is 0 Å². The largest absolute Gasteiger partial charge is 0.493 e. The molecule has 0 aliphatic carbocycles. The summed E-state index contributed by atoms with van der Waals surface area (Å²) >= 11 is 0. The maximum atomic E-state index is 5.69. The van der Waals surface area contributed by atoms with Gasteiger partial charge in [-0.2, -0.15) is 0 Å². The summed E-state index contributed by atoms with van der Waals surface area (Å²) in [6.45, 7) is 4.90. The second kappa shape index (κ2) is 6.98. The van der Waals surface area contributed by atoms with Crippen molar-refractivity contribution in [2.24, 2.45) is 0 Å². The summed E-state index contributed by atoms with van der Waals surface area (Å²) in [6.07, 6.45) is 6.87. The maximum absolute atomic E-state index is 5.69. The van der Waals surface area contributed by atoms with Gasteiger partial charge in [0.2, 0.25) is 0 Å². The third-order valence-electron chi connectivity index (χ3n) is 2.86. The van der Waals surface area contributed by atoms with Crippen LogP contribution in [0.25, 0.3) is 0 Å². The van der Waals surface area contributed by atoms with Gasteiger partial charge >= 0.3 is 0 Å². The molecule has 2 nitrogen and oxygen atoms in total. The second-order valence-corrected chi connectivity index (χ2v) is 4.19. The van der Waals surface area contributed by atoms with Gasteiger partial charge in [-0.05, 0) is 44.5 Å². The van der Waals surface area contributed by atoms with Gasteiger partial charge in [-0.15, -0.1) is 12.3 Å². The summed E-state index contributed by atoms with van der Waals surface area (Å²) in [6, 6.07) is 6.67. The van der Waals surface area contributed by atoms with Gasteiger partial charge in [-0.25, -0.2) is 0 Å². The minimum atomic E-state index is 0.365. The van der Waals surface area contributed by atoms with Crippen LogP contribution in [0.1, 0.15) is 36.9 Å². The third-order valence-corrected chi connectivity index (χ3v) is 2.86. The van der Waals surface area contributed by atoms with E-state index in [-0.39, 0.29) is 0 Å². The van der Waals surface area contributed by atoms with Crippen LogP contribution in [-0.4, -0.2) is 13.7 Å². The first-order chi connectivity index (χ1) is 8.19. The van der Waals surface area contributed by atoms with Crippen molar-refractivity contribution in [1.29, 1.82) is 0 Å². The monoisotopic (exact) mass is 231 g/mol. The van der Waals surface area contributed by atoms with E-state index in [9.17, 15) is 0 Å². The Balaban J connectivity index is 2.60. The average Bonchev–Trinajstić information content (AvgIpc) is 2.35. The predicted octanol–water partition coefficient (Wildman–Crippen LogP) is 3.07. The standard InChI is InChI=1S/C15H21NO/c1-5-6-7-10-17-15-9-8-14(11-12(15)2)13(3)16-4/h1,8-9,11,13,16H,6-7,10H2,2-4H3. The minimum absolute atomic E-state index is 0.365. The van der Waals surface area contributed by atoms with Crippen molar-refractivity contribution in [2.75, 3.05) is 13.7 Å². The second-order valence-electron chi connectivity index (χ2n) is 4.19. The highest BCUT2D eigenvalue weighted by Crippen LogP contribution is 2.22. The number of unbranched alkanes of at least 4 members (excludes halogenated alkanes) is 1. The maximum Gasteiger partial charge on any atom is 0.122 e. The van der Waals surface area contributed by atoms with E-state index in [4.69, 9.17) is 11.2 Å². The molecule has 2 heteroatoms. The van der Waals surface area contributed by atoms with Crippen LogP contribution in [0.5, 0.6) is 5.75 Å². The molecule has 0 spiro atoms. The summed E-state index contributed by atoms with van der Waals surface area (Å²) in [5.74, 6) is 3.56. The Morgan fingerprint density at radius 2 is 2.24 bits per heavy atom. The molecule has 0 radical (unpaired) electrons. The van der Waals surface area contributed by atoms with E-state index in [1.165, 1.54) is 11.1 Å². The van der Waals surface area contributed by atoms with E-state index in [0.29, 0.717) is 12.6 Å². The Hall–Kier alpha value is -1.46. The first kappa shape index (κ1) is 13.6. The van der Waals surface area contributed by atoms with E-state index in [0.717, 1.165) is 18.6 Å². The fourth-order valence-corrected chi connectivity index (χ4v) is 1.63. The number of aryl methyl sites for hydroxylation is 1. The van der Waals surface area contributed by atoms with Gasteiger partial charge in [-0.3, -0.25) is 0 Å². The van der Waals surface area contributed by atoms with Crippen molar-refractivity contribution >= 4 is 0 Å². The lowest BCUT2D eigenvalue weighted by atomic mass is 10.1. The fraction of sp³-hybridized carbons (Fsp3) is 0.467. The molecule has 0 aromatic heterocycles. The van der Waals surface area contributed by atoms with Gasteiger partial charge in [0.05, 0.1) is 6.61 Å². The predicted molar refractivity (Wildman–Crippen MR) is 72.2 cm³/mol. The third kappa shape index (κ3) is 4.13. The van der Waals surface area contributed by atoms with Crippen molar-refractivity contribution in [2.45, 2.75) is 32.7 Å². The normalized spacial score (nSPS) is 11.9. The molecule has 0 saturated heterocycles. The number of terminal acetylenes is 1. The van der Waals surface area contributed by atoms with E-state index >= 15 is 0 Å². The molecule has 17 heavy (non-hydrogen) atoms. The van der Waals surface area contributed by atoms with Crippen molar-refractivity contribution in [3.8, 4) is 18.1 Å². The topological polar surface area (TPSA) is 21.3 Å². The van der Waals surface area contributed by atoms with Gasteiger partial charge in [-0.1, -0.05) is 12.1 Å². The van der Waals surface area contributed by atoms with E-state index in [2.05, 4.69) is 37.2 Å². The lowest BCUT2D eigenvalue weighted by Crippen LogP contribution is -2.12. The Bertz CT molecular complexity index is 392. The quantitative estimate of drug-likeness (QED) is 0.600. The number of nitrogens with one attached hydrogen (secondary N) is 1. The van der Waals surface area contributed by atoms with Gasteiger partial charge in [0.1, 0.15) is 5.75 Å². The zero-order valence-corrected chi connectivity index (χ0v) is 10.9. The van der Waals surface area contributed by atoms with Crippen LogP contribution in [0.15, 0.2) is 18.2 Å². The summed E-state index contributed by atoms with van der Waals surface area (Å²) < 4.78 is 5.69. The lowest BCUT2D eigenvalue weighted by Gasteiger charge is -2.14. The zero-order chi connectivity index (χ0) is 12.7. The molecule has 0 saturated carbocycles. The van der Waals surface area contributed by atoms with Gasteiger partial charge < -0.3 is 10.1 Å². The van der Waals surface area contributed by atoms with E-state index in [1.54, 1.807) is 0 Å². The molecule has 1 aromatic carbocycles. The summed E-state index contributed by atoms with van der Waals surface area (Å²) in [5.41, 5.74) is 2.45. The number of benzene rings is 1. The van der Waals surface area contributed by atoms with Crippen LogP contribution in [0.2, 0.25) is 0 Å². The van der Waals surface area contributed by atoms with Crippen LogP contribution >= 0.6 is 0 Å². The summed E-state index contributed by atoms with van der Waals surface area (Å²) in [4.78, 5) is 0. The number of ether oxygens (including phenoxy) is 1. The van der Waals surface area contributed by atoms with Crippen molar-refractivity contribution in [3.05, 3.63) is 29.3 Å². The molecule has 0 bridgehead atoms. The molecular weight excluding hydrogens is 210 g/mol. The molecule has 1 N–H and O–H groups in total. The molecule has 1 atom stereocenters. The number of hydrogen-bond donors (Lipinski definition) is 1. The molecule has 0 fully saturated rings. The van der Waals surface area contributed by atoms with Crippen LogP contribution in [0.4, 0.5) is 0 Å². The van der Waals surface area contributed by atoms with Crippen LogP contribution in [-0.2, 0) is 0 Å². The lowest BCUT2D eigenvalue weighted by molar-refractivity contribution is 0.310. The van der Waals surface area contributed by atoms with Crippen LogP contribution in [0.3, 0.4) is 0 Å². The zero-order valence-electron chi connectivity index (χ0n) is 10.9. The van der Waals surface area contributed by atoms with Crippen LogP contribution < -0.4 is 10.1 Å². The Morgan fingerprint density at radius 1 is 1.47 bits per heavy atom. The Labute approximate surface area is 104 Å². The minimum Gasteiger partial charge on any atom is -0.493 e.